The predicted octanol–water partition coefficient (Wildman–Crippen LogP) is -0.0849. The predicted molar refractivity (Wildman–Crippen MR) is 108 cm³/mol. The maximum Gasteiger partial charge on any atom is 0.338 e. The molecule has 1 aromatic rings. The number of amides is 2. The summed E-state index contributed by atoms with van der Waals surface area (Å²) < 4.78 is 50.0. The van der Waals surface area contributed by atoms with E-state index in [0.29, 0.717) is 0 Å². The Bertz CT molecular complexity index is 1010. The molecule has 4 N–H and O–H groups in total. The van der Waals surface area contributed by atoms with Crippen LogP contribution in [0.25, 0.3) is 0 Å². The van der Waals surface area contributed by atoms with Crippen LogP contribution < -0.4 is 15.4 Å². The Kier molecular flexibility index (Phi) is 8.30. The van der Waals surface area contributed by atoms with Crippen LogP contribution in [0, 0.1) is 5.82 Å². The highest BCUT2D eigenvalue weighted by molar-refractivity contribution is 7.89. The fourth-order valence-electron chi connectivity index (χ4n) is 2.82. The van der Waals surface area contributed by atoms with Crippen molar-refractivity contribution in [1.82, 2.24) is 15.4 Å². The van der Waals surface area contributed by atoms with Gasteiger partial charge in [0.1, 0.15) is 18.5 Å². The van der Waals surface area contributed by atoms with Crippen molar-refractivity contribution in [3.63, 3.8) is 0 Å². The summed E-state index contributed by atoms with van der Waals surface area (Å²) in [7, 11) is -4.30. The van der Waals surface area contributed by atoms with Crippen molar-refractivity contribution in [2.45, 2.75) is 43.9 Å². The number of aliphatic hydroxyl groups is 1. The maximum atomic E-state index is 13.1. The van der Waals surface area contributed by atoms with E-state index in [2.05, 4.69) is 10.6 Å². The molecule has 0 fully saturated rings. The quantitative estimate of drug-likeness (QED) is 0.362. The number of hydrogen-bond donors (Lipinski definition) is 4. The molecule has 0 radical (unpaired) electrons. The van der Waals surface area contributed by atoms with Gasteiger partial charge in [-0.25, -0.2) is 22.4 Å². The van der Waals surface area contributed by atoms with Gasteiger partial charge in [0.2, 0.25) is 10.0 Å². The molecule has 1 heterocycles. The Morgan fingerprint density at radius 1 is 1.25 bits per heavy atom. The van der Waals surface area contributed by atoms with Gasteiger partial charge in [0.05, 0.1) is 34.9 Å². The number of halogens is 1. The summed E-state index contributed by atoms with van der Waals surface area (Å²) in [6, 6.07) is 0.742. The molecule has 2 amide bonds. The Hall–Kier alpha value is -3.03. The highest BCUT2D eigenvalue weighted by Crippen LogP contribution is 2.16. The van der Waals surface area contributed by atoms with Crippen molar-refractivity contribution in [1.29, 1.82) is 0 Å². The largest absolute Gasteiger partial charge is 0.463 e. The highest BCUT2D eigenvalue weighted by Gasteiger charge is 2.33. The van der Waals surface area contributed by atoms with E-state index in [1.54, 1.807) is 6.92 Å². The number of benzene rings is 1. The molecule has 32 heavy (non-hydrogen) atoms. The zero-order valence-electron chi connectivity index (χ0n) is 17.5. The summed E-state index contributed by atoms with van der Waals surface area (Å²) in [5.74, 6) is -2.55. The lowest BCUT2D eigenvalue weighted by Crippen LogP contribution is -2.51. The average Bonchev–Trinajstić information content (AvgIpc) is 2.70. The lowest BCUT2D eigenvalue weighted by Gasteiger charge is -2.27. The molecule has 3 atom stereocenters. The van der Waals surface area contributed by atoms with Gasteiger partial charge in [-0.15, -0.1) is 0 Å². The van der Waals surface area contributed by atoms with Gasteiger partial charge in [-0.1, -0.05) is 0 Å². The third kappa shape index (κ3) is 6.24. The molecule has 0 aromatic heterocycles. The Labute approximate surface area is 184 Å². The van der Waals surface area contributed by atoms with E-state index in [4.69, 9.17) is 9.47 Å². The fraction of sp³-hybridized carbons (Fsp3) is 0.421. The second-order valence-electron chi connectivity index (χ2n) is 6.83. The highest BCUT2D eigenvalue weighted by atomic mass is 32.2. The van der Waals surface area contributed by atoms with Gasteiger partial charge in [-0.2, -0.15) is 4.72 Å². The van der Waals surface area contributed by atoms with Crippen molar-refractivity contribution in [2.24, 2.45) is 0 Å². The minimum atomic E-state index is -4.30. The molecule has 176 valence electrons. The maximum absolute atomic E-state index is 13.1. The fourth-order valence-corrected chi connectivity index (χ4v) is 4.08. The minimum Gasteiger partial charge on any atom is -0.463 e. The molecular weight excluding hydrogens is 449 g/mol. The lowest BCUT2D eigenvalue weighted by molar-refractivity contribution is -0.147. The topological polar surface area (TPSA) is 160 Å². The molecule has 11 nitrogen and oxygen atoms in total. The summed E-state index contributed by atoms with van der Waals surface area (Å²) in [6.07, 6.45) is -1.50. The van der Waals surface area contributed by atoms with Crippen LogP contribution in [0.5, 0.6) is 0 Å². The molecule has 1 aliphatic heterocycles. The first kappa shape index (κ1) is 25.2. The van der Waals surface area contributed by atoms with Gasteiger partial charge in [-0.05, 0) is 45.0 Å². The van der Waals surface area contributed by atoms with Crippen molar-refractivity contribution in [3.8, 4) is 0 Å². The number of nitrogens with one attached hydrogen (secondary N) is 3. The molecule has 0 unspecified atom stereocenters. The van der Waals surface area contributed by atoms with Crippen molar-refractivity contribution in [3.05, 3.63) is 41.4 Å². The standard InChI is InChI=1S/C19H24FN3O8S/c1-4-30-17(25)15-10(2)21-19(27)22-14(15)9-31-18(26)16(11(3)24)23-32(28,29)13-7-5-12(20)6-8-13/h5-8,10-11,16,23-24H,4,9H2,1-3H3,(H2,21,22,27)/t10-,11-,16+/m1/s1. The molecule has 1 aromatic carbocycles. The average molecular weight is 473 g/mol. The summed E-state index contributed by atoms with van der Waals surface area (Å²) >= 11 is 0. The first-order valence-corrected chi connectivity index (χ1v) is 11.0. The van der Waals surface area contributed by atoms with E-state index in [1.807, 2.05) is 4.72 Å². The minimum absolute atomic E-state index is 0.0275. The third-order valence-corrected chi connectivity index (χ3v) is 5.82. The summed E-state index contributed by atoms with van der Waals surface area (Å²) in [5.41, 5.74) is -0.0153. The zero-order chi connectivity index (χ0) is 24.1. The number of esters is 2. The number of hydrogen-bond acceptors (Lipinski definition) is 8. The number of urea groups is 1. The molecule has 0 bridgehead atoms. The van der Waals surface area contributed by atoms with Gasteiger partial charge in [0.25, 0.3) is 0 Å². The van der Waals surface area contributed by atoms with Crippen LogP contribution in [-0.2, 0) is 29.1 Å². The number of carbonyl (C=O) groups is 3. The van der Waals surface area contributed by atoms with Crippen LogP contribution in [0.15, 0.2) is 40.4 Å². The van der Waals surface area contributed by atoms with Crippen LogP contribution >= 0.6 is 0 Å². The molecule has 1 aliphatic rings. The molecule has 13 heteroatoms. The first-order chi connectivity index (χ1) is 15.0. The van der Waals surface area contributed by atoms with Crippen LogP contribution in [-0.4, -0.2) is 62.9 Å². The Morgan fingerprint density at radius 2 is 1.88 bits per heavy atom. The molecule has 0 spiro atoms. The summed E-state index contributed by atoms with van der Waals surface area (Å²) in [5, 5.41) is 14.7. The molecule has 0 saturated carbocycles. The summed E-state index contributed by atoms with van der Waals surface area (Å²) in [6.45, 7) is 3.77. The SMILES string of the molecule is CCOC(=O)C1=C(COC(=O)[C@@H](NS(=O)(=O)c2ccc(F)cc2)[C@@H](C)O)NC(=O)N[C@@H]1C. The number of ether oxygens (including phenoxy) is 2. The molecule has 0 aliphatic carbocycles. The second-order valence-corrected chi connectivity index (χ2v) is 8.55. The van der Waals surface area contributed by atoms with Crippen molar-refractivity contribution >= 4 is 28.0 Å². The molecule has 2 rings (SSSR count). The van der Waals surface area contributed by atoms with E-state index < -0.39 is 58.6 Å². The Balaban J connectivity index is 2.20. The number of sulfonamides is 1. The zero-order valence-corrected chi connectivity index (χ0v) is 18.4. The van der Waals surface area contributed by atoms with Gasteiger partial charge in [0.15, 0.2) is 0 Å². The van der Waals surface area contributed by atoms with Gasteiger partial charge < -0.3 is 25.2 Å². The second kappa shape index (κ2) is 10.5. The van der Waals surface area contributed by atoms with Crippen molar-refractivity contribution in [2.75, 3.05) is 13.2 Å². The smallest absolute Gasteiger partial charge is 0.338 e. The van der Waals surface area contributed by atoms with Gasteiger partial charge in [0, 0.05) is 0 Å². The number of carbonyl (C=O) groups excluding carboxylic acids is 3. The van der Waals surface area contributed by atoms with E-state index in [0.717, 1.165) is 31.2 Å². The van der Waals surface area contributed by atoms with Gasteiger partial charge >= 0.3 is 18.0 Å². The van der Waals surface area contributed by atoms with Crippen LogP contribution in [0.3, 0.4) is 0 Å². The lowest BCUT2D eigenvalue weighted by atomic mass is 10.0. The number of aliphatic hydroxyl groups excluding tert-OH is 1. The van der Waals surface area contributed by atoms with Crippen molar-refractivity contribution < 1.29 is 41.8 Å². The Morgan fingerprint density at radius 3 is 2.44 bits per heavy atom. The van der Waals surface area contributed by atoms with E-state index in [9.17, 15) is 32.3 Å². The van der Waals surface area contributed by atoms with Crippen LogP contribution in [0.2, 0.25) is 0 Å². The third-order valence-electron chi connectivity index (χ3n) is 4.37. The normalized spacial score (nSPS) is 18.3. The van der Waals surface area contributed by atoms with Gasteiger partial charge in [-0.3, -0.25) is 4.79 Å². The van der Waals surface area contributed by atoms with Crippen LogP contribution in [0.1, 0.15) is 20.8 Å². The monoisotopic (exact) mass is 473 g/mol. The summed E-state index contributed by atoms with van der Waals surface area (Å²) in [4.78, 5) is 36.2. The first-order valence-electron chi connectivity index (χ1n) is 9.56. The van der Waals surface area contributed by atoms with E-state index in [-0.39, 0.29) is 22.8 Å². The number of rotatable bonds is 9. The van der Waals surface area contributed by atoms with E-state index >= 15 is 0 Å². The molecular formula is C19H24FN3O8S. The van der Waals surface area contributed by atoms with E-state index in [1.165, 1.54) is 6.92 Å². The van der Waals surface area contributed by atoms with Crippen LogP contribution in [0.4, 0.5) is 9.18 Å². The molecule has 0 saturated heterocycles.